The van der Waals surface area contributed by atoms with E-state index in [1.54, 1.807) is 37.3 Å². The zero-order valence-corrected chi connectivity index (χ0v) is 19.6. The Labute approximate surface area is 202 Å². The highest BCUT2D eigenvalue weighted by Gasteiger charge is 2.23. The van der Waals surface area contributed by atoms with Gasteiger partial charge in [-0.15, -0.1) is 10.2 Å². The van der Waals surface area contributed by atoms with Crippen molar-refractivity contribution in [2.75, 3.05) is 58.7 Å². The van der Waals surface area contributed by atoms with E-state index in [1.165, 1.54) is 0 Å². The highest BCUT2D eigenvalue weighted by Crippen LogP contribution is 2.35. The molecule has 1 amide bonds. The summed E-state index contributed by atoms with van der Waals surface area (Å²) in [6, 6.07) is 14.8. The number of carbonyl (C=O) groups is 1. The normalized spacial score (nSPS) is 14.6. The number of anilines is 1. The lowest BCUT2D eigenvalue weighted by Crippen LogP contribution is -2.50. The maximum absolute atomic E-state index is 12.6. The number of methoxy groups -OCH3 is 2. The van der Waals surface area contributed by atoms with Gasteiger partial charge in [0.25, 0.3) is 5.91 Å². The monoisotopic (exact) mass is 478 g/mol. The van der Waals surface area contributed by atoms with Gasteiger partial charge in [0.2, 0.25) is 6.79 Å². The first-order valence-corrected chi connectivity index (χ1v) is 11.3. The first kappa shape index (κ1) is 22.6. The SMILES string of the molecule is COc1ccc(-c2ccc(N3CCN(C(=O)COc4ccc5c(c4)OCO5)CC3)nn2)cc1OC. The van der Waals surface area contributed by atoms with Crippen LogP contribution in [0.1, 0.15) is 0 Å². The lowest BCUT2D eigenvalue weighted by Gasteiger charge is -2.35. The Kier molecular flexibility index (Phi) is 6.42. The van der Waals surface area contributed by atoms with Gasteiger partial charge in [0.05, 0.1) is 19.9 Å². The van der Waals surface area contributed by atoms with Gasteiger partial charge in [-0.3, -0.25) is 4.79 Å². The maximum atomic E-state index is 12.6. The van der Waals surface area contributed by atoms with Crippen LogP contribution in [0.3, 0.4) is 0 Å². The third kappa shape index (κ3) is 4.86. The number of fused-ring (bicyclic) bond motifs is 1. The first-order chi connectivity index (χ1) is 17.1. The topological polar surface area (TPSA) is 95.5 Å². The molecule has 2 aromatic carbocycles. The van der Waals surface area contributed by atoms with Crippen molar-refractivity contribution in [3.05, 3.63) is 48.5 Å². The van der Waals surface area contributed by atoms with Crippen LogP contribution in [0.4, 0.5) is 5.82 Å². The number of nitrogens with zero attached hydrogens (tertiary/aromatic N) is 4. The highest BCUT2D eigenvalue weighted by atomic mass is 16.7. The molecule has 0 saturated carbocycles. The summed E-state index contributed by atoms with van der Waals surface area (Å²) in [7, 11) is 3.20. The quantitative estimate of drug-likeness (QED) is 0.508. The van der Waals surface area contributed by atoms with Crippen molar-refractivity contribution >= 4 is 11.7 Å². The van der Waals surface area contributed by atoms with Crippen molar-refractivity contribution in [1.82, 2.24) is 15.1 Å². The molecule has 0 bridgehead atoms. The predicted octanol–water partition coefficient (Wildman–Crippen LogP) is 2.62. The van der Waals surface area contributed by atoms with E-state index in [-0.39, 0.29) is 19.3 Å². The van der Waals surface area contributed by atoms with Gasteiger partial charge in [0.15, 0.2) is 35.4 Å². The fraction of sp³-hybridized carbons (Fsp3) is 0.320. The van der Waals surface area contributed by atoms with Gasteiger partial charge in [0.1, 0.15) is 5.75 Å². The van der Waals surface area contributed by atoms with E-state index in [2.05, 4.69) is 15.1 Å². The number of benzene rings is 2. The summed E-state index contributed by atoms with van der Waals surface area (Å²) in [6.07, 6.45) is 0. The molecule has 0 N–H and O–H groups in total. The van der Waals surface area contributed by atoms with Crippen molar-refractivity contribution in [3.8, 4) is 40.0 Å². The number of rotatable bonds is 7. The largest absolute Gasteiger partial charge is 0.493 e. The summed E-state index contributed by atoms with van der Waals surface area (Å²) < 4.78 is 27.0. The van der Waals surface area contributed by atoms with Crippen LogP contribution >= 0.6 is 0 Å². The third-order valence-electron chi connectivity index (χ3n) is 5.99. The van der Waals surface area contributed by atoms with Crippen LogP contribution in [0.15, 0.2) is 48.5 Å². The Morgan fingerprint density at radius 1 is 0.886 bits per heavy atom. The zero-order valence-electron chi connectivity index (χ0n) is 19.6. The minimum atomic E-state index is -0.0581. The molecule has 10 heteroatoms. The average molecular weight is 479 g/mol. The number of piperazine rings is 1. The predicted molar refractivity (Wildman–Crippen MR) is 127 cm³/mol. The minimum absolute atomic E-state index is 0.0283. The molecular formula is C25H26N4O6. The number of amides is 1. The van der Waals surface area contributed by atoms with Crippen molar-refractivity contribution in [3.63, 3.8) is 0 Å². The fourth-order valence-corrected chi connectivity index (χ4v) is 4.03. The number of hydrogen-bond acceptors (Lipinski definition) is 9. The van der Waals surface area contributed by atoms with Crippen LogP contribution in [0.5, 0.6) is 28.7 Å². The van der Waals surface area contributed by atoms with Crippen LogP contribution in [-0.4, -0.2) is 74.8 Å². The van der Waals surface area contributed by atoms with Crippen molar-refractivity contribution < 1.29 is 28.5 Å². The molecule has 0 radical (unpaired) electrons. The third-order valence-corrected chi connectivity index (χ3v) is 5.99. The van der Waals surface area contributed by atoms with Gasteiger partial charge < -0.3 is 33.5 Å². The molecule has 0 spiro atoms. The van der Waals surface area contributed by atoms with E-state index in [1.807, 2.05) is 30.3 Å². The molecule has 1 saturated heterocycles. The van der Waals surface area contributed by atoms with Crippen LogP contribution in [-0.2, 0) is 4.79 Å². The van der Waals surface area contributed by atoms with Crippen molar-refractivity contribution in [1.29, 1.82) is 0 Å². The Morgan fingerprint density at radius 3 is 2.43 bits per heavy atom. The molecule has 0 aliphatic carbocycles. The maximum Gasteiger partial charge on any atom is 0.260 e. The minimum Gasteiger partial charge on any atom is -0.493 e. The summed E-state index contributed by atoms with van der Waals surface area (Å²) in [6.45, 7) is 2.68. The molecule has 35 heavy (non-hydrogen) atoms. The summed E-state index contributed by atoms with van der Waals surface area (Å²) >= 11 is 0. The number of aromatic nitrogens is 2. The van der Waals surface area contributed by atoms with Crippen molar-refractivity contribution in [2.45, 2.75) is 0 Å². The Hall–Kier alpha value is -4.21. The molecule has 3 heterocycles. The summed E-state index contributed by atoms with van der Waals surface area (Å²) in [5.41, 5.74) is 1.63. The van der Waals surface area contributed by atoms with E-state index >= 15 is 0 Å². The van der Waals surface area contributed by atoms with E-state index in [4.69, 9.17) is 23.7 Å². The van der Waals surface area contributed by atoms with E-state index in [9.17, 15) is 4.79 Å². The average Bonchev–Trinajstić information content (AvgIpc) is 3.39. The standard InChI is InChI=1S/C25H26N4O6/c1-31-20-6-3-17(13-22(20)32-2)19-5-8-24(27-26-19)28-9-11-29(12-10-28)25(30)15-33-18-4-7-21-23(14-18)35-16-34-21/h3-8,13-14H,9-12,15-16H2,1-2H3. The van der Waals surface area contributed by atoms with Crippen molar-refractivity contribution in [2.24, 2.45) is 0 Å². The second-order valence-corrected chi connectivity index (χ2v) is 8.02. The zero-order chi connectivity index (χ0) is 24.2. The Morgan fingerprint density at radius 2 is 1.69 bits per heavy atom. The van der Waals surface area contributed by atoms with Gasteiger partial charge in [-0.05, 0) is 42.5 Å². The van der Waals surface area contributed by atoms with E-state index in [0.717, 1.165) is 17.1 Å². The summed E-state index contributed by atoms with van der Waals surface area (Å²) in [5, 5.41) is 8.79. The molecule has 3 aromatic rings. The molecule has 2 aliphatic heterocycles. The molecule has 0 unspecified atom stereocenters. The molecule has 2 aliphatic rings. The molecule has 1 aromatic heterocycles. The van der Waals surface area contributed by atoms with Crippen LogP contribution in [0.2, 0.25) is 0 Å². The molecule has 0 atom stereocenters. The first-order valence-electron chi connectivity index (χ1n) is 11.3. The van der Waals surface area contributed by atoms with Gasteiger partial charge in [0, 0.05) is 37.8 Å². The van der Waals surface area contributed by atoms with Crippen LogP contribution < -0.4 is 28.6 Å². The smallest absolute Gasteiger partial charge is 0.260 e. The van der Waals surface area contributed by atoms with Gasteiger partial charge in [-0.25, -0.2) is 0 Å². The molecular weight excluding hydrogens is 452 g/mol. The number of carbonyl (C=O) groups excluding carboxylic acids is 1. The van der Waals surface area contributed by atoms with Crippen LogP contribution in [0, 0.1) is 0 Å². The number of hydrogen-bond donors (Lipinski definition) is 0. The lowest BCUT2D eigenvalue weighted by atomic mass is 10.1. The second-order valence-electron chi connectivity index (χ2n) is 8.02. The molecule has 10 nitrogen and oxygen atoms in total. The molecule has 182 valence electrons. The van der Waals surface area contributed by atoms with Gasteiger partial charge in [-0.1, -0.05) is 0 Å². The Balaban J connectivity index is 1.14. The van der Waals surface area contributed by atoms with Gasteiger partial charge >= 0.3 is 0 Å². The summed E-state index contributed by atoms with van der Waals surface area (Å²) in [5.74, 6) is 3.90. The van der Waals surface area contributed by atoms with E-state index < -0.39 is 0 Å². The molecule has 1 fully saturated rings. The highest BCUT2D eigenvalue weighted by molar-refractivity contribution is 5.78. The Bertz CT molecular complexity index is 1200. The van der Waals surface area contributed by atoms with Crippen LogP contribution in [0.25, 0.3) is 11.3 Å². The number of ether oxygens (including phenoxy) is 5. The summed E-state index contributed by atoms with van der Waals surface area (Å²) in [4.78, 5) is 16.5. The van der Waals surface area contributed by atoms with E-state index in [0.29, 0.717) is 54.9 Å². The fourth-order valence-electron chi connectivity index (χ4n) is 4.03. The van der Waals surface area contributed by atoms with Gasteiger partial charge in [-0.2, -0.15) is 0 Å². The lowest BCUT2D eigenvalue weighted by molar-refractivity contribution is -0.133. The second kappa shape index (κ2) is 9.96. The molecule has 5 rings (SSSR count).